The minimum Gasteiger partial charge on any atom is -0.494 e. The minimum absolute atomic E-state index is 0.237. The van der Waals surface area contributed by atoms with Crippen molar-refractivity contribution in [1.29, 1.82) is 0 Å². The second-order valence-corrected chi connectivity index (χ2v) is 8.08. The van der Waals surface area contributed by atoms with E-state index in [1.165, 1.54) is 0 Å². The standard InChI is InChI=1S/C19H25N3O4S/c1-4-26-17-11-15(3)18(12-14(17)2)27(23,24)21-16-5-6-19(20-13-16)22-7-9-25-10-8-22/h5-6,11-13,21H,4,7-10H2,1-3H3. The lowest BCUT2D eigenvalue weighted by Gasteiger charge is -2.27. The van der Waals surface area contributed by atoms with E-state index >= 15 is 0 Å². The highest BCUT2D eigenvalue weighted by molar-refractivity contribution is 7.92. The molecule has 7 nitrogen and oxygen atoms in total. The maximum absolute atomic E-state index is 12.8. The molecule has 1 fully saturated rings. The van der Waals surface area contributed by atoms with E-state index < -0.39 is 10.0 Å². The van der Waals surface area contributed by atoms with Crippen LogP contribution in [0.3, 0.4) is 0 Å². The smallest absolute Gasteiger partial charge is 0.262 e. The highest BCUT2D eigenvalue weighted by Gasteiger charge is 2.20. The van der Waals surface area contributed by atoms with Gasteiger partial charge in [0, 0.05) is 13.1 Å². The highest BCUT2D eigenvalue weighted by atomic mass is 32.2. The second-order valence-electron chi connectivity index (χ2n) is 6.43. The Kier molecular flexibility index (Phi) is 5.86. The Bertz CT molecular complexity index is 892. The summed E-state index contributed by atoms with van der Waals surface area (Å²) in [5.41, 5.74) is 1.84. The number of aromatic nitrogens is 1. The molecule has 3 rings (SSSR count). The average molecular weight is 391 g/mol. The van der Waals surface area contributed by atoms with Gasteiger partial charge in [-0.3, -0.25) is 4.72 Å². The van der Waals surface area contributed by atoms with Crippen molar-refractivity contribution in [3.8, 4) is 5.75 Å². The quantitative estimate of drug-likeness (QED) is 0.816. The van der Waals surface area contributed by atoms with Crippen molar-refractivity contribution in [2.45, 2.75) is 25.7 Å². The molecule has 0 amide bonds. The number of sulfonamides is 1. The summed E-state index contributed by atoms with van der Waals surface area (Å²) in [6, 6.07) is 6.94. The molecule has 27 heavy (non-hydrogen) atoms. The van der Waals surface area contributed by atoms with Gasteiger partial charge in [-0.2, -0.15) is 0 Å². The summed E-state index contributed by atoms with van der Waals surface area (Å²) in [7, 11) is -3.72. The maximum Gasteiger partial charge on any atom is 0.262 e. The summed E-state index contributed by atoms with van der Waals surface area (Å²) in [5, 5.41) is 0. The molecule has 0 aliphatic carbocycles. The van der Waals surface area contributed by atoms with Gasteiger partial charge in [-0.1, -0.05) is 0 Å². The van der Waals surface area contributed by atoms with Crippen LogP contribution < -0.4 is 14.4 Å². The zero-order valence-electron chi connectivity index (χ0n) is 15.9. The van der Waals surface area contributed by atoms with Gasteiger partial charge in [0.1, 0.15) is 11.6 Å². The van der Waals surface area contributed by atoms with Crippen LogP contribution in [0.5, 0.6) is 5.75 Å². The van der Waals surface area contributed by atoms with E-state index in [9.17, 15) is 8.42 Å². The topological polar surface area (TPSA) is 80.8 Å². The number of ether oxygens (including phenoxy) is 2. The number of aryl methyl sites for hydroxylation is 2. The summed E-state index contributed by atoms with van der Waals surface area (Å²) in [6.45, 7) is 8.93. The molecular weight excluding hydrogens is 366 g/mol. The molecule has 1 aromatic heterocycles. The van der Waals surface area contributed by atoms with Gasteiger partial charge in [-0.05, 0) is 56.2 Å². The lowest BCUT2D eigenvalue weighted by molar-refractivity contribution is 0.122. The first-order chi connectivity index (χ1) is 12.9. The molecule has 2 aromatic rings. The van der Waals surface area contributed by atoms with Crippen LogP contribution in [0.25, 0.3) is 0 Å². The van der Waals surface area contributed by atoms with E-state index in [1.807, 2.05) is 19.9 Å². The number of morpholine rings is 1. The first-order valence-electron chi connectivity index (χ1n) is 8.96. The van der Waals surface area contributed by atoms with Crippen LogP contribution in [0.1, 0.15) is 18.1 Å². The third-order valence-electron chi connectivity index (χ3n) is 4.40. The van der Waals surface area contributed by atoms with Gasteiger partial charge in [0.25, 0.3) is 10.0 Å². The lowest BCUT2D eigenvalue weighted by Crippen LogP contribution is -2.36. The summed E-state index contributed by atoms with van der Waals surface area (Å²) < 4.78 is 39.1. The van der Waals surface area contributed by atoms with E-state index in [0.29, 0.717) is 36.8 Å². The molecule has 1 N–H and O–H groups in total. The van der Waals surface area contributed by atoms with Crippen molar-refractivity contribution >= 4 is 21.5 Å². The van der Waals surface area contributed by atoms with Crippen molar-refractivity contribution < 1.29 is 17.9 Å². The van der Waals surface area contributed by atoms with Gasteiger partial charge in [0.15, 0.2) is 0 Å². The molecule has 1 saturated heterocycles. The highest BCUT2D eigenvalue weighted by Crippen LogP contribution is 2.27. The van der Waals surface area contributed by atoms with Gasteiger partial charge < -0.3 is 14.4 Å². The molecule has 0 unspecified atom stereocenters. The number of pyridine rings is 1. The number of hydrogen-bond donors (Lipinski definition) is 1. The van der Waals surface area contributed by atoms with Crippen molar-refractivity contribution in [3.63, 3.8) is 0 Å². The molecule has 0 radical (unpaired) electrons. The SMILES string of the molecule is CCOc1cc(C)c(S(=O)(=O)Nc2ccc(N3CCOCC3)nc2)cc1C. The van der Waals surface area contributed by atoms with Gasteiger partial charge in [-0.25, -0.2) is 13.4 Å². The number of benzene rings is 1. The number of nitrogens with zero attached hydrogens (tertiary/aromatic N) is 2. The molecule has 2 heterocycles. The zero-order valence-corrected chi connectivity index (χ0v) is 16.7. The van der Waals surface area contributed by atoms with E-state index in [1.54, 1.807) is 31.3 Å². The number of nitrogens with one attached hydrogen (secondary N) is 1. The van der Waals surface area contributed by atoms with Crippen LogP contribution in [0.2, 0.25) is 0 Å². The van der Waals surface area contributed by atoms with Crippen LogP contribution in [0.4, 0.5) is 11.5 Å². The van der Waals surface area contributed by atoms with Crippen LogP contribution in [0, 0.1) is 13.8 Å². The molecule has 0 saturated carbocycles. The third kappa shape index (κ3) is 4.51. The van der Waals surface area contributed by atoms with E-state index in [2.05, 4.69) is 14.6 Å². The summed E-state index contributed by atoms with van der Waals surface area (Å²) in [4.78, 5) is 6.73. The normalized spacial score (nSPS) is 14.9. The molecule has 0 spiro atoms. The van der Waals surface area contributed by atoms with Crippen LogP contribution in [-0.4, -0.2) is 46.3 Å². The third-order valence-corrected chi connectivity index (χ3v) is 5.92. The average Bonchev–Trinajstić information content (AvgIpc) is 2.65. The first kappa shape index (κ1) is 19.4. The van der Waals surface area contributed by atoms with Crippen molar-refractivity contribution in [2.75, 3.05) is 42.5 Å². The molecule has 0 atom stereocenters. The second kappa shape index (κ2) is 8.14. The largest absolute Gasteiger partial charge is 0.494 e. The summed E-state index contributed by atoms with van der Waals surface area (Å²) >= 11 is 0. The zero-order chi connectivity index (χ0) is 19.4. The van der Waals surface area contributed by atoms with Gasteiger partial charge >= 0.3 is 0 Å². The molecular formula is C19H25N3O4S. The molecule has 146 valence electrons. The minimum atomic E-state index is -3.72. The molecule has 0 bridgehead atoms. The molecule has 1 aliphatic heterocycles. The first-order valence-corrected chi connectivity index (χ1v) is 10.4. The van der Waals surface area contributed by atoms with Crippen LogP contribution in [0.15, 0.2) is 35.4 Å². The summed E-state index contributed by atoms with van der Waals surface area (Å²) in [6.07, 6.45) is 1.54. The molecule has 8 heteroatoms. The number of hydrogen-bond acceptors (Lipinski definition) is 6. The van der Waals surface area contributed by atoms with Gasteiger partial charge in [0.2, 0.25) is 0 Å². The van der Waals surface area contributed by atoms with Crippen LogP contribution >= 0.6 is 0 Å². The van der Waals surface area contributed by atoms with E-state index in [4.69, 9.17) is 9.47 Å². The molecule has 1 aliphatic rings. The van der Waals surface area contributed by atoms with E-state index in [-0.39, 0.29) is 4.90 Å². The summed E-state index contributed by atoms with van der Waals surface area (Å²) in [5.74, 6) is 1.51. The fraction of sp³-hybridized carbons (Fsp3) is 0.421. The Morgan fingerprint density at radius 3 is 2.56 bits per heavy atom. The predicted molar refractivity (Wildman–Crippen MR) is 105 cm³/mol. The fourth-order valence-electron chi connectivity index (χ4n) is 3.00. The Morgan fingerprint density at radius 1 is 1.19 bits per heavy atom. The van der Waals surface area contributed by atoms with Gasteiger partial charge in [0.05, 0.1) is 36.6 Å². The predicted octanol–water partition coefficient (Wildman–Crippen LogP) is 2.73. The van der Waals surface area contributed by atoms with Crippen LogP contribution in [-0.2, 0) is 14.8 Å². The van der Waals surface area contributed by atoms with Crippen molar-refractivity contribution in [3.05, 3.63) is 41.6 Å². The van der Waals surface area contributed by atoms with E-state index in [0.717, 1.165) is 24.5 Å². The maximum atomic E-state index is 12.8. The number of anilines is 2. The van der Waals surface area contributed by atoms with Crippen molar-refractivity contribution in [1.82, 2.24) is 4.98 Å². The van der Waals surface area contributed by atoms with Gasteiger partial charge in [-0.15, -0.1) is 0 Å². The van der Waals surface area contributed by atoms with Crippen molar-refractivity contribution in [2.24, 2.45) is 0 Å². The Balaban J connectivity index is 1.79. The monoisotopic (exact) mass is 391 g/mol. The number of rotatable bonds is 6. The Labute approximate surface area is 160 Å². The molecule has 1 aromatic carbocycles. The lowest BCUT2D eigenvalue weighted by atomic mass is 10.1. The Hall–Kier alpha value is -2.32. The fourth-order valence-corrected chi connectivity index (χ4v) is 4.36. The Morgan fingerprint density at radius 2 is 1.93 bits per heavy atom.